The van der Waals surface area contributed by atoms with Crippen LogP contribution in [0.5, 0.6) is 0 Å². The van der Waals surface area contributed by atoms with E-state index in [2.05, 4.69) is 5.32 Å². The molecule has 0 saturated carbocycles. The molecule has 6 nitrogen and oxygen atoms in total. The molecule has 2 aromatic carbocycles. The average Bonchev–Trinajstić information content (AvgIpc) is 2.53. The van der Waals surface area contributed by atoms with Gasteiger partial charge in [-0.15, -0.1) is 0 Å². The van der Waals surface area contributed by atoms with Crippen LogP contribution >= 0.6 is 0 Å². The highest BCUT2D eigenvalue weighted by molar-refractivity contribution is 5.94. The number of hydrogen-bond acceptors (Lipinski definition) is 4. The zero-order valence-corrected chi connectivity index (χ0v) is 11.1. The Morgan fingerprint density at radius 3 is 2.29 bits per heavy atom. The number of aliphatic hydroxyl groups is 1. The van der Waals surface area contributed by atoms with Gasteiger partial charge in [-0.2, -0.15) is 0 Å². The standard InChI is InChI=1S/C15H14N2O4/c18-10-14(11-4-2-1-3-5-11)16-15(19)12-6-8-13(9-7-12)17(20)21/h1-9,14,18H,10H2,(H,16,19). The number of amides is 1. The van der Waals surface area contributed by atoms with E-state index in [1.54, 1.807) is 12.1 Å². The summed E-state index contributed by atoms with van der Waals surface area (Å²) in [4.78, 5) is 22.1. The van der Waals surface area contributed by atoms with Gasteiger partial charge in [0.05, 0.1) is 17.6 Å². The largest absolute Gasteiger partial charge is 0.394 e. The summed E-state index contributed by atoms with van der Waals surface area (Å²) < 4.78 is 0. The SMILES string of the molecule is O=C(NC(CO)c1ccccc1)c1ccc([N+](=O)[O-])cc1. The summed E-state index contributed by atoms with van der Waals surface area (Å²) in [5, 5.41) is 22.6. The molecular formula is C15H14N2O4. The number of hydrogen-bond donors (Lipinski definition) is 2. The Morgan fingerprint density at radius 1 is 1.14 bits per heavy atom. The fraction of sp³-hybridized carbons (Fsp3) is 0.133. The summed E-state index contributed by atoms with van der Waals surface area (Å²) in [7, 11) is 0. The predicted molar refractivity (Wildman–Crippen MR) is 76.8 cm³/mol. The highest BCUT2D eigenvalue weighted by Crippen LogP contribution is 2.15. The quantitative estimate of drug-likeness (QED) is 0.650. The summed E-state index contributed by atoms with van der Waals surface area (Å²) in [6, 6.07) is 13.9. The molecule has 0 radical (unpaired) electrons. The molecule has 21 heavy (non-hydrogen) atoms. The van der Waals surface area contributed by atoms with Gasteiger partial charge >= 0.3 is 0 Å². The van der Waals surface area contributed by atoms with Crippen molar-refractivity contribution in [2.24, 2.45) is 0 Å². The Hall–Kier alpha value is -2.73. The maximum atomic E-state index is 12.1. The molecule has 0 fully saturated rings. The van der Waals surface area contributed by atoms with Crippen molar-refractivity contribution in [2.45, 2.75) is 6.04 Å². The Bertz CT molecular complexity index is 626. The van der Waals surface area contributed by atoms with E-state index in [4.69, 9.17) is 0 Å². The van der Waals surface area contributed by atoms with Gasteiger partial charge in [-0.1, -0.05) is 30.3 Å². The Balaban J connectivity index is 2.11. The monoisotopic (exact) mass is 286 g/mol. The molecule has 6 heteroatoms. The number of benzene rings is 2. The zero-order chi connectivity index (χ0) is 15.2. The lowest BCUT2D eigenvalue weighted by molar-refractivity contribution is -0.384. The van der Waals surface area contributed by atoms with Crippen LogP contribution in [0.2, 0.25) is 0 Å². The lowest BCUT2D eigenvalue weighted by atomic mass is 10.1. The number of carbonyl (C=O) groups excluding carboxylic acids is 1. The minimum absolute atomic E-state index is 0.0756. The topological polar surface area (TPSA) is 92.5 Å². The highest BCUT2D eigenvalue weighted by atomic mass is 16.6. The maximum Gasteiger partial charge on any atom is 0.269 e. The van der Waals surface area contributed by atoms with Gasteiger partial charge in [-0.25, -0.2) is 0 Å². The Labute approximate surface area is 121 Å². The lowest BCUT2D eigenvalue weighted by Gasteiger charge is -2.16. The third-order valence-electron chi connectivity index (χ3n) is 3.03. The first kappa shape index (κ1) is 14.7. The van der Waals surface area contributed by atoms with Gasteiger partial charge in [0.15, 0.2) is 0 Å². The Kier molecular flexibility index (Phi) is 4.63. The van der Waals surface area contributed by atoms with Crippen molar-refractivity contribution >= 4 is 11.6 Å². The third kappa shape index (κ3) is 3.64. The second-order valence-corrected chi connectivity index (χ2v) is 4.42. The number of nitrogens with zero attached hydrogens (tertiary/aromatic N) is 1. The third-order valence-corrected chi connectivity index (χ3v) is 3.03. The second kappa shape index (κ2) is 6.62. The molecule has 0 heterocycles. The fourth-order valence-electron chi connectivity index (χ4n) is 1.90. The fourth-order valence-corrected chi connectivity index (χ4v) is 1.90. The molecule has 1 unspecified atom stereocenters. The minimum Gasteiger partial charge on any atom is -0.394 e. The van der Waals surface area contributed by atoms with Crippen molar-refractivity contribution in [3.63, 3.8) is 0 Å². The number of nitro benzene ring substituents is 1. The molecular weight excluding hydrogens is 272 g/mol. The molecule has 0 spiro atoms. The maximum absolute atomic E-state index is 12.1. The molecule has 2 N–H and O–H groups in total. The van der Waals surface area contributed by atoms with Gasteiger partial charge in [-0.05, 0) is 17.7 Å². The molecule has 0 aliphatic heterocycles. The van der Waals surface area contributed by atoms with Gasteiger partial charge < -0.3 is 10.4 Å². The van der Waals surface area contributed by atoms with E-state index in [1.165, 1.54) is 24.3 Å². The molecule has 1 amide bonds. The van der Waals surface area contributed by atoms with Gasteiger partial charge in [0, 0.05) is 17.7 Å². The molecule has 0 saturated heterocycles. The van der Waals surface area contributed by atoms with E-state index < -0.39 is 16.9 Å². The predicted octanol–water partition coefficient (Wildman–Crippen LogP) is 2.06. The molecule has 108 valence electrons. The van der Waals surface area contributed by atoms with E-state index in [9.17, 15) is 20.0 Å². The van der Waals surface area contributed by atoms with Crippen LogP contribution in [0.3, 0.4) is 0 Å². The number of nitro groups is 1. The number of carbonyl (C=O) groups is 1. The van der Waals surface area contributed by atoms with E-state index in [1.807, 2.05) is 18.2 Å². The lowest BCUT2D eigenvalue weighted by Crippen LogP contribution is -2.30. The van der Waals surface area contributed by atoms with Crippen LogP contribution in [-0.4, -0.2) is 22.5 Å². The first-order chi connectivity index (χ1) is 10.1. The molecule has 0 aliphatic carbocycles. The normalized spacial score (nSPS) is 11.7. The summed E-state index contributed by atoms with van der Waals surface area (Å²) in [6.45, 7) is -0.233. The van der Waals surface area contributed by atoms with Crippen LogP contribution < -0.4 is 5.32 Å². The molecule has 0 aliphatic rings. The van der Waals surface area contributed by atoms with Crippen LogP contribution in [0.15, 0.2) is 54.6 Å². The van der Waals surface area contributed by atoms with E-state index >= 15 is 0 Å². The molecule has 0 aromatic heterocycles. The number of nitrogens with one attached hydrogen (secondary N) is 1. The van der Waals surface area contributed by atoms with Gasteiger partial charge in [-0.3, -0.25) is 14.9 Å². The van der Waals surface area contributed by atoms with Gasteiger partial charge in [0.2, 0.25) is 0 Å². The number of rotatable bonds is 5. The molecule has 2 rings (SSSR count). The summed E-state index contributed by atoms with van der Waals surface area (Å²) in [6.07, 6.45) is 0. The van der Waals surface area contributed by atoms with Gasteiger partial charge in [0.25, 0.3) is 11.6 Å². The van der Waals surface area contributed by atoms with E-state index in [0.717, 1.165) is 5.56 Å². The zero-order valence-electron chi connectivity index (χ0n) is 11.1. The van der Waals surface area contributed by atoms with Crippen molar-refractivity contribution in [2.75, 3.05) is 6.61 Å². The van der Waals surface area contributed by atoms with Crippen molar-refractivity contribution in [3.8, 4) is 0 Å². The van der Waals surface area contributed by atoms with Crippen LogP contribution in [-0.2, 0) is 0 Å². The van der Waals surface area contributed by atoms with Crippen molar-refractivity contribution in [1.82, 2.24) is 5.32 Å². The van der Waals surface area contributed by atoms with Gasteiger partial charge in [0.1, 0.15) is 0 Å². The molecule has 0 bridgehead atoms. The summed E-state index contributed by atoms with van der Waals surface area (Å²) in [5.74, 6) is -0.396. The first-order valence-electron chi connectivity index (χ1n) is 6.33. The minimum atomic E-state index is -0.526. The molecule has 1 atom stereocenters. The van der Waals surface area contributed by atoms with Crippen molar-refractivity contribution in [1.29, 1.82) is 0 Å². The highest BCUT2D eigenvalue weighted by Gasteiger charge is 2.15. The molecule has 2 aromatic rings. The van der Waals surface area contributed by atoms with Crippen molar-refractivity contribution < 1.29 is 14.8 Å². The van der Waals surface area contributed by atoms with Crippen LogP contribution in [0, 0.1) is 10.1 Å². The second-order valence-electron chi connectivity index (χ2n) is 4.42. The first-order valence-corrected chi connectivity index (χ1v) is 6.33. The smallest absolute Gasteiger partial charge is 0.269 e. The summed E-state index contributed by atoms with van der Waals surface area (Å²) in [5.41, 5.74) is 1.01. The number of aliphatic hydroxyl groups excluding tert-OH is 1. The average molecular weight is 286 g/mol. The van der Waals surface area contributed by atoms with Crippen molar-refractivity contribution in [3.05, 3.63) is 75.8 Å². The van der Waals surface area contributed by atoms with E-state index in [0.29, 0.717) is 5.56 Å². The van der Waals surface area contributed by atoms with Crippen LogP contribution in [0.25, 0.3) is 0 Å². The van der Waals surface area contributed by atoms with Crippen LogP contribution in [0.4, 0.5) is 5.69 Å². The summed E-state index contributed by atoms with van der Waals surface area (Å²) >= 11 is 0. The number of non-ortho nitro benzene ring substituents is 1. The Morgan fingerprint density at radius 2 is 1.76 bits per heavy atom. The van der Waals surface area contributed by atoms with E-state index in [-0.39, 0.29) is 12.3 Å². The van der Waals surface area contributed by atoms with Crippen LogP contribution in [0.1, 0.15) is 22.0 Å².